The van der Waals surface area contributed by atoms with Crippen molar-refractivity contribution >= 4 is 52.5 Å². The first kappa shape index (κ1) is 21.8. The van der Waals surface area contributed by atoms with Gasteiger partial charge < -0.3 is 4.90 Å². The van der Waals surface area contributed by atoms with Crippen LogP contribution < -0.4 is 5.32 Å². The largest absolute Gasteiger partial charge is 0.342 e. The zero-order valence-corrected chi connectivity index (χ0v) is 19.2. The molecule has 11 heteroatoms. The van der Waals surface area contributed by atoms with Crippen LogP contribution >= 0.6 is 34.7 Å². The van der Waals surface area contributed by atoms with E-state index in [1.54, 1.807) is 11.4 Å². The Bertz CT molecular complexity index is 1080. The Balaban J connectivity index is 1.31. The number of H-pyrrole nitrogens is 1. The minimum absolute atomic E-state index is 0.0856. The van der Waals surface area contributed by atoms with Gasteiger partial charge in [-0.3, -0.25) is 14.9 Å². The van der Waals surface area contributed by atoms with E-state index in [-0.39, 0.29) is 17.7 Å². The first-order valence-electron chi connectivity index (χ1n) is 9.78. The lowest BCUT2D eigenvalue weighted by Gasteiger charge is -2.31. The Kier molecular flexibility index (Phi) is 6.89. The van der Waals surface area contributed by atoms with E-state index in [0.717, 1.165) is 23.4 Å². The number of aromatic amines is 1. The van der Waals surface area contributed by atoms with E-state index in [1.807, 2.05) is 29.4 Å². The molecule has 3 heterocycles. The number of rotatable bonds is 6. The Labute approximate surface area is 192 Å². The molecule has 0 spiro atoms. The maximum Gasteiger partial charge on any atom is 0.277 e. The first-order valence-corrected chi connectivity index (χ1v) is 12.3. The van der Waals surface area contributed by atoms with E-state index in [2.05, 4.69) is 25.5 Å². The molecule has 0 atom stereocenters. The van der Waals surface area contributed by atoms with Crippen molar-refractivity contribution in [2.45, 2.75) is 30.3 Å². The Morgan fingerprint density at radius 2 is 2.06 bits per heavy atom. The van der Waals surface area contributed by atoms with E-state index >= 15 is 0 Å². The highest BCUT2D eigenvalue weighted by Crippen LogP contribution is 2.31. The van der Waals surface area contributed by atoms with Crippen LogP contribution in [-0.4, -0.2) is 56.2 Å². The smallest absolute Gasteiger partial charge is 0.277 e. The standard InChI is InChI=1S/C20H21ClN6O2S2/c1-30-20-24-19(25-26-20)23-17(29)15-11-31-18(22-15)12-6-8-27(9-7-12)16(28)10-13-4-2-3-5-14(13)21/h2-5,11-12H,6-10H2,1H3,(H2,23,24,25,26,29). The summed E-state index contributed by atoms with van der Waals surface area (Å²) in [7, 11) is 0. The zero-order valence-electron chi connectivity index (χ0n) is 16.8. The van der Waals surface area contributed by atoms with Crippen LogP contribution in [0.2, 0.25) is 5.02 Å². The van der Waals surface area contributed by atoms with Crippen LogP contribution in [0.4, 0.5) is 5.95 Å². The lowest BCUT2D eigenvalue weighted by Crippen LogP contribution is -2.38. The molecule has 1 aromatic carbocycles. The second-order valence-electron chi connectivity index (χ2n) is 7.12. The molecule has 1 saturated heterocycles. The minimum Gasteiger partial charge on any atom is -0.342 e. The van der Waals surface area contributed by atoms with Gasteiger partial charge in [-0.1, -0.05) is 41.6 Å². The van der Waals surface area contributed by atoms with E-state index in [9.17, 15) is 9.59 Å². The van der Waals surface area contributed by atoms with Crippen LogP contribution in [0.1, 0.15) is 39.8 Å². The molecule has 0 radical (unpaired) electrons. The molecule has 1 aliphatic heterocycles. The second-order valence-corrected chi connectivity index (χ2v) is 9.19. The lowest BCUT2D eigenvalue weighted by molar-refractivity contribution is -0.131. The molecular formula is C20H21ClN6O2S2. The number of likely N-dealkylation sites (tertiary alicyclic amines) is 1. The van der Waals surface area contributed by atoms with Gasteiger partial charge in [0.15, 0.2) is 0 Å². The number of piperidine rings is 1. The number of carbonyl (C=O) groups excluding carboxylic acids is 2. The highest BCUT2D eigenvalue weighted by atomic mass is 35.5. The topological polar surface area (TPSA) is 104 Å². The molecule has 1 aliphatic rings. The Morgan fingerprint density at radius 1 is 1.29 bits per heavy atom. The van der Waals surface area contributed by atoms with Gasteiger partial charge in [0, 0.05) is 29.4 Å². The summed E-state index contributed by atoms with van der Waals surface area (Å²) in [5, 5.41) is 13.2. The number of thioether (sulfide) groups is 1. The van der Waals surface area contributed by atoms with Crippen LogP contribution in [0.25, 0.3) is 0 Å². The highest BCUT2D eigenvalue weighted by Gasteiger charge is 2.26. The van der Waals surface area contributed by atoms with Gasteiger partial charge in [-0.25, -0.2) is 10.1 Å². The van der Waals surface area contributed by atoms with Gasteiger partial charge in [-0.05, 0) is 30.7 Å². The quantitative estimate of drug-likeness (QED) is 0.524. The first-order chi connectivity index (χ1) is 15.0. The number of carbonyl (C=O) groups is 2. The van der Waals surface area contributed by atoms with Crippen molar-refractivity contribution in [2.75, 3.05) is 24.7 Å². The highest BCUT2D eigenvalue weighted by molar-refractivity contribution is 7.98. The summed E-state index contributed by atoms with van der Waals surface area (Å²) in [6, 6.07) is 7.44. The third-order valence-electron chi connectivity index (χ3n) is 5.13. The monoisotopic (exact) mass is 476 g/mol. The lowest BCUT2D eigenvalue weighted by atomic mass is 9.97. The number of thiazole rings is 1. The van der Waals surface area contributed by atoms with Crippen molar-refractivity contribution in [2.24, 2.45) is 0 Å². The maximum atomic E-state index is 12.6. The van der Waals surface area contributed by atoms with Crippen LogP contribution in [0.15, 0.2) is 34.8 Å². The molecular weight excluding hydrogens is 456 g/mol. The number of nitrogens with zero attached hydrogens (tertiary/aromatic N) is 4. The fourth-order valence-electron chi connectivity index (χ4n) is 3.44. The fourth-order valence-corrected chi connectivity index (χ4v) is 4.93. The van der Waals surface area contributed by atoms with Crippen molar-refractivity contribution in [1.29, 1.82) is 0 Å². The fraction of sp³-hybridized carbons (Fsp3) is 0.350. The van der Waals surface area contributed by atoms with Crippen molar-refractivity contribution in [3.63, 3.8) is 0 Å². The summed E-state index contributed by atoms with van der Waals surface area (Å²) < 4.78 is 0. The maximum absolute atomic E-state index is 12.6. The van der Waals surface area contributed by atoms with Crippen LogP contribution in [0.5, 0.6) is 0 Å². The molecule has 4 rings (SSSR count). The third-order valence-corrected chi connectivity index (χ3v) is 7.05. The molecule has 162 valence electrons. The van der Waals surface area contributed by atoms with E-state index in [4.69, 9.17) is 11.6 Å². The van der Waals surface area contributed by atoms with Crippen molar-refractivity contribution in [1.82, 2.24) is 25.1 Å². The van der Waals surface area contributed by atoms with E-state index in [1.165, 1.54) is 23.1 Å². The predicted molar refractivity (Wildman–Crippen MR) is 122 cm³/mol. The molecule has 3 aromatic rings. The van der Waals surface area contributed by atoms with E-state index < -0.39 is 0 Å². The normalized spacial score (nSPS) is 14.6. The zero-order chi connectivity index (χ0) is 21.8. The van der Waals surface area contributed by atoms with Crippen molar-refractivity contribution < 1.29 is 9.59 Å². The molecule has 1 fully saturated rings. The summed E-state index contributed by atoms with van der Waals surface area (Å²) in [6.07, 6.45) is 3.81. The van der Waals surface area contributed by atoms with Gasteiger partial charge in [0.05, 0.1) is 11.4 Å². The van der Waals surface area contributed by atoms with Crippen LogP contribution in [-0.2, 0) is 11.2 Å². The Hall–Kier alpha value is -2.43. The molecule has 31 heavy (non-hydrogen) atoms. The average Bonchev–Trinajstić information content (AvgIpc) is 3.45. The number of halogens is 1. The van der Waals surface area contributed by atoms with Crippen LogP contribution in [0.3, 0.4) is 0 Å². The Morgan fingerprint density at radius 3 is 2.77 bits per heavy atom. The summed E-state index contributed by atoms with van der Waals surface area (Å²) in [5.41, 5.74) is 1.21. The summed E-state index contributed by atoms with van der Waals surface area (Å²) in [4.78, 5) is 35.6. The number of hydrogen-bond acceptors (Lipinski definition) is 7. The molecule has 0 bridgehead atoms. The van der Waals surface area contributed by atoms with Crippen molar-refractivity contribution in [3.8, 4) is 0 Å². The molecule has 2 N–H and O–H groups in total. The average molecular weight is 477 g/mol. The third kappa shape index (κ3) is 5.25. The summed E-state index contributed by atoms with van der Waals surface area (Å²) in [6.45, 7) is 1.34. The molecule has 0 unspecified atom stereocenters. The molecule has 0 aliphatic carbocycles. The van der Waals surface area contributed by atoms with Crippen LogP contribution in [0, 0.1) is 0 Å². The number of amides is 2. The number of benzene rings is 1. The van der Waals surface area contributed by atoms with Gasteiger partial charge in [0.2, 0.25) is 17.0 Å². The van der Waals surface area contributed by atoms with Gasteiger partial charge in [0.1, 0.15) is 5.69 Å². The summed E-state index contributed by atoms with van der Waals surface area (Å²) in [5.74, 6) is 0.305. The predicted octanol–water partition coefficient (Wildman–Crippen LogP) is 3.84. The van der Waals surface area contributed by atoms with Gasteiger partial charge in [-0.15, -0.1) is 16.4 Å². The van der Waals surface area contributed by atoms with Gasteiger partial charge in [0.25, 0.3) is 5.91 Å². The molecule has 0 saturated carbocycles. The van der Waals surface area contributed by atoms with E-state index in [0.29, 0.717) is 41.3 Å². The van der Waals surface area contributed by atoms with Gasteiger partial charge >= 0.3 is 0 Å². The molecule has 2 amide bonds. The minimum atomic E-state index is -0.321. The summed E-state index contributed by atoms with van der Waals surface area (Å²) >= 11 is 9.04. The van der Waals surface area contributed by atoms with Crippen molar-refractivity contribution in [3.05, 3.63) is 50.9 Å². The SMILES string of the molecule is CSc1n[nH]c(NC(=O)c2csc(C3CCN(C(=O)Cc4ccccc4Cl)CC3)n2)n1. The number of anilines is 1. The number of hydrogen-bond donors (Lipinski definition) is 2. The molecule has 8 nitrogen and oxygen atoms in total. The number of aromatic nitrogens is 4. The molecule has 2 aromatic heterocycles. The second kappa shape index (κ2) is 9.80. The van der Waals surface area contributed by atoms with Gasteiger partial charge in [-0.2, -0.15) is 4.98 Å². The number of nitrogens with one attached hydrogen (secondary N) is 2.